The van der Waals surface area contributed by atoms with Crippen LogP contribution in [0.4, 0.5) is 11.4 Å². The van der Waals surface area contributed by atoms with Crippen molar-refractivity contribution >= 4 is 27.8 Å². The van der Waals surface area contributed by atoms with Crippen molar-refractivity contribution in [1.29, 1.82) is 0 Å². The first-order valence-electron chi connectivity index (χ1n) is 5.67. The van der Waals surface area contributed by atoms with Crippen molar-refractivity contribution < 1.29 is 22.9 Å². The average molecular weight is 306 g/mol. The highest BCUT2D eigenvalue weighted by molar-refractivity contribution is 7.85. The summed E-state index contributed by atoms with van der Waals surface area (Å²) in [6.45, 7) is 0. The summed E-state index contributed by atoms with van der Waals surface area (Å²) < 4.78 is 30.6. The van der Waals surface area contributed by atoms with Gasteiger partial charge >= 0.3 is 0 Å². The lowest BCUT2D eigenvalue weighted by Gasteiger charge is -1.99. The van der Waals surface area contributed by atoms with Crippen molar-refractivity contribution in [3.05, 3.63) is 48.0 Å². The molecule has 0 aromatic heterocycles. The topological polar surface area (TPSA) is 116 Å². The van der Waals surface area contributed by atoms with Crippen LogP contribution in [-0.4, -0.2) is 24.4 Å². The summed E-state index contributed by atoms with van der Waals surface area (Å²) in [6.07, 6.45) is 0.495. The highest BCUT2D eigenvalue weighted by atomic mass is 32.2. The van der Waals surface area contributed by atoms with E-state index in [1.165, 1.54) is 42.5 Å². The third-order valence-corrected chi connectivity index (χ3v) is 3.42. The van der Waals surface area contributed by atoms with Crippen molar-refractivity contribution in [3.63, 3.8) is 0 Å². The Bertz CT molecular complexity index is 798. The Hall–Kier alpha value is -2.58. The van der Waals surface area contributed by atoms with Gasteiger partial charge in [-0.05, 0) is 42.5 Å². The number of carbonyl (C=O) groups excluding carboxylic acids is 1. The Balaban J connectivity index is 2.23. The number of phenols is 1. The zero-order chi connectivity index (χ0) is 15.5. The number of rotatable bonds is 4. The van der Waals surface area contributed by atoms with Gasteiger partial charge in [-0.15, -0.1) is 0 Å². The van der Waals surface area contributed by atoms with E-state index < -0.39 is 10.1 Å². The summed E-state index contributed by atoms with van der Waals surface area (Å²) in [4.78, 5) is 10.4. The van der Waals surface area contributed by atoms with Crippen molar-refractivity contribution in [2.75, 3.05) is 0 Å². The van der Waals surface area contributed by atoms with Crippen molar-refractivity contribution in [2.24, 2.45) is 10.2 Å². The number of nitrogens with zero attached hydrogens (tertiary/aromatic N) is 2. The van der Waals surface area contributed by atoms with Crippen LogP contribution in [0.3, 0.4) is 0 Å². The molecule has 2 rings (SSSR count). The summed E-state index contributed by atoms with van der Waals surface area (Å²) in [5, 5.41) is 17.1. The van der Waals surface area contributed by atoms with Gasteiger partial charge in [0.1, 0.15) is 5.75 Å². The van der Waals surface area contributed by atoms with E-state index in [0.717, 1.165) is 0 Å². The van der Waals surface area contributed by atoms with E-state index >= 15 is 0 Å². The molecule has 108 valence electrons. The molecular weight excluding hydrogens is 296 g/mol. The van der Waals surface area contributed by atoms with Gasteiger partial charge in [0, 0.05) is 0 Å². The minimum Gasteiger partial charge on any atom is -0.507 e. The van der Waals surface area contributed by atoms with Gasteiger partial charge in [-0.1, -0.05) is 0 Å². The summed E-state index contributed by atoms with van der Waals surface area (Å²) in [7, 11) is -4.24. The number of phenolic OH excluding ortho intramolecular Hbond substituents is 1. The standard InChI is InChI=1S/C13H10N2O5S/c16-8-9-7-11(3-6-13(9)17)15-14-10-1-4-12(5-2-10)21(18,19)20/h1-8,17H,(H,18,19,20). The molecule has 7 nitrogen and oxygen atoms in total. The average Bonchev–Trinajstić information content (AvgIpc) is 2.46. The van der Waals surface area contributed by atoms with Gasteiger partial charge in [-0.3, -0.25) is 9.35 Å². The highest BCUT2D eigenvalue weighted by Gasteiger charge is 2.08. The molecule has 0 amide bonds. The fourth-order valence-corrected chi connectivity index (χ4v) is 1.98. The largest absolute Gasteiger partial charge is 0.507 e. The Labute approximate surface area is 120 Å². The SMILES string of the molecule is O=Cc1cc(N=Nc2ccc(S(=O)(=O)O)cc2)ccc1O. The van der Waals surface area contributed by atoms with Crippen LogP contribution in [0.2, 0.25) is 0 Å². The summed E-state index contributed by atoms with van der Waals surface area (Å²) in [5.41, 5.74) is 0.810. The summed E-state index contributed by atoms with van der Waals surface area (Å²) >= 11 is 0. The van der Waals surface area contributed by atoms with Gasteiger partial charge in [-0.2, -0.15) is 18.6 Å². The fourth-order valence-electron chi connectivity index (χ4n) is 1.50. The first kappa shape index (κ1) is 14.8. The smallest absolute Gasteiger partial charge is 0.294 e. The summed E-state index contributed by atoms with van der Waals surface area (Å²) in [5.74, 6) is -0.151. The van der Waals surface area contributed by atoms with Crippen molar-refractivity contribution in [3.8, 4) is 5.75 Å². The molecule has 0 saturated heterocycles. The molecule has 0 bridgehead atoms. The van der Waals surface area contributed by atoms with Crippen molar-refractivity contribution in [2.45, 2.75) is 4.90 Å². The van der Waals surface area contributed by atoms with Crippen LogP contribution in [0.15, 0.2) is 57.6 Å². The molecule has 0 spiro atoms. The van der Waals surface area contributed by atoms with E-state index in [2.05, 4.69) is 10.2 Å². The Morgan fingerprint density at radius 1 is 0.952 bits per heavy atom. The molecule has 2 aromatic rings. The minimum atomic E-state index is -4.24. The van der Waals surface area contributed by atoms with Crippen LogP contribution in [0.5, 0.6) is 5.75 Å². The predicted molar refractivity (Wildman–Crippen MR) is 73.9 cm³/mol. The van der Waals surface area contributed by atoms with E-state index in [0.29, 0.717) is 17.7 Å². The molecule has 0 fully saturated rings. The predicted octanol–water partition coefficient (Wildman–Crippen LogP) is 2.87. The van der Waals surface area contributed by atoms with Crippen LogP contribution in [0.25, 0.3) is 0 Å². The Morgan fingerprint density at radius 3 is 2.10 bits per heavy atom. The number of aromatic hydroxyl groups is 1. The van der Waals surface area contributed by atoms with Crippen LogP contribution in [0.1, 0.15) is 10.4 Å². The van der Waals surface area contributed by atoms with E-state index in [9.17, 15) is 18.3 Å². The normalized spacial score (nSPS) is 11.7. The molecule has 0 radical (unpaired) electrons. The molecule has 0 heterocycles. The number of hydrogen-bond donors (Lipinski definition) is 2. The monoisotopic (exact) mass is 306 g/mol. The molecular formula is C13H10N2O5S. The van der Waals surface area contributed by atoms with Crippen LogP contribution in [-0.2, 0) is 10.1 Å². The first-order valence-corrected chi connectivity index (χ1v) is 7.11. The number of aldehydes is 1. The lowest BCUT2D eigenvalue weighted by molar-refractivity contribution is 0.112. The number of hydrogen-bond acceptors (Lipinski definition) is 6. The second-order valence-corrected chi connectivity index (χ2v) is 5.45. The summed E-state index contributed by atoms with van der Waals surface area (Å²) in [6, 6.07) is 9.27. The van der Waals surface area contributed by atoms with Gasteiger partial charge < -0.3 is 5.11 Å². The third kappa shape index (κ3) is 3.71. The van der Waals surface area contributed by atoms with Crippen LogP contribution < -0.4 is 0 Å². The van der Waals surface area contributed by atoms with E-state index in [4.69, 9.17) is 4.55 Å². The maximum atomic E-state index is 10.9. The zero-order valence-corrected chi connectivity index (χ0v) is 11.4. The van der Waals surface area contributed by atoms with Crippen LogP contribution >= 0.6 is 0 Å². The number of benzene rings is 2. The fraction of sp³-hybridized carbons (Fsp3) is 0. The molecule has 0 aliphatic carbocycles. The van der Waals surface area contributed by atoms with E-state index in [1.807, 2.05) is 0 Å². The maximum Gasteiger partial charge on any atom is 0.294 e. The van der Waals surface area contributed by atoms with Gasteiger partial charge in [0.2, 0.25) is 0 Å². The molecule has 0 atom stereocenters. The Morgan fingerprint density at radius 2 is 1.52 bits per heavy atom. The second-order valence-electron chi connectivity index (χ2n) is 4.03. The quantitative estimate of drug-likeness (QED) is 0.511. The van der Waals surface area contributed by atoms with Gasteiger partial charge in [-0.25, -0.2) is 0 Å². The molecule has 2 N–H and O–H groups in total. The van der Waals surface area contributed by atoms with E-state index in [1.54, 1.807) is 0 Å². The van der Waals surface area contributed by atoms with E-state index in [-0.39, 0.29) is 16.2 Å². The molecule has 0 aliphatic heterocycles. The number of carbonyl (C=O) groups is 1. The lowest BCUT2D eigenvalue weighted by atomic mass is 10.2. The second kappa shape index (κ2) is 5.81. The third-order valence-electron chi connectivity index (χ3n) is 2.55. The van der Waals surface area contributed by atoms with Crippen molar-refractivity contribution in [1.82, 2.24) is 0 Å². The molecule has 0 unspecified atom stereocenters. The number of azo groups is 1. The van der Waals surface area contributed by atoms with Crippen LogP contribution in [0, 0.1) is 0 Å². The zero-order valence-electron chi connectivity index (χ0n) is 10.5. The molecule has 21 heavy (non-hydrogen) atoms. The molecule has 0 saturated carbocycles. The first-order chi connectivity index (χ1) is 9.90. The minimum absolute atomic E-state index is 0.0909. The maximum absolute atomic E-state index is 10.9. The molecule has 0 aliphatic rings. The lowest BCUT2D eigenvalue weighted by Crippen LogP contribution is -1.96. The van der Waals surface area contributed by atoms with Gasteiger partial charge in [0.25, 0.3) is 10.1 Å². The van der Waals surface area contributed by atoms with Gasteiger partial charge in [0.15, 0.2) is 6.29 Å². The van der Waals surface area contributed by atoms with Gasteiger partial charge in [0.05, 0.1) is 21.8 Å². The molecule has 2 aromatic carbocycles. The highest BCUT2D eigenvalue weighted by Crippen LogP contribution is 2.24. The molecule has 8 heteroatoms. The Kier molecular flexibility index (Phi) is 4.10.